The highest BCUT2D eigenvalue weighted by atomic mass is 16.6. The van der Waals surface area contributed by atoms with Crippen molar-refractivity contribution in [1.82, 2.24) is 9.88 Å². The molecule has 0 spiro atoms. The number of benzene rings is 1. The van der Waals surface area contributed by atoms with E-state index in [1.807, 2.05) is 12.1 Å². The van der Waals surface area contributed by atoms with Gasteiger partial charge in [0.05, 0.1) is 34.7 Å². The lowest BCUT2D eigenvalue weighted by Gasteiger charge is -2.26. The van der Waals surface area contributed by atoms with E-state index in [1.165, 1.54) is 6.07 Å². The molecule has 0 N–H and O–H groups in total. The van der Waals surface area contributed by atoms with Crippen LogP contribution in [0.2, 0.25) is 0 Å². The Labute approximate surface area is 116 Å². The van der Waals surface area contributed by atoms with E-state index in [4.69, 9.17) is 4.74 Å². The van der Waals surface area contributed by atoms with Gasteiger partial charge in [-0.2, -0.15) is 0 Å². The second-order valence-electron chi connectivity index (χ2n) is 4.79. The molecule has 104 valence electrons. The van der Waals surface area contributed by atoms with Crippen molar-refractivity contribution in [2.75, 3.05) is 26.3 Å². The normalized spacial score (nSPS) is 16.4. The van der Waals surface area contributed by atoms with Gasteiger partial charge in [-0.1, -0.05) is 6.07 Å². The molecule has 2 heterocycles. The summed E-state index contributed by atoms with van der Waals surface area (Å²) in [6, 6.07) is 8.64. The van der Waals surface area contributed by atoms with Crippen molar-refractivity contribution in [3.63, 3.8) is 0 Å². The van der Waals surface area contributed by atoms with E-state index < -0.39 is 0 Å². The zero-order valence-corrected chi connectivity index (χ0v) is 11.0. The topological polar surface area (TPSA) is 68.5 Å². The van der Waals surface area contributed by atoms with Crippen molar-refractivity contribution >= 4 is 16.6 Å². The molecule has 1 saturated heterocycles. The average Bonchev–Trinajstić information content (AvgIpc) is 2.47. The fourth-order valence-corrected chi connectivity index (χ4v) is 2.42. The Morgan fingerprint density at radius 2 is 2.05 bits per heavy atom. The molecule has 2 aromatic rings. The van der Waals surface area contributed by atoms with E-state index >= 15 is 0 Å². The van der Waals surface area contributed by atoms with Gasteiger partial charge in [0.2, 0.25) is 0 Å². The zero-order chi connectivity index (χ0) is 13.9. The number of non-ortho nitro benzene ring substituents is 1. The molecule has 6 heteroatoms. The number of hydrogen-bond acceptors (Lipinski definition) is 5. The van der Waals surface area contributed by atoms with E-state index in [-0.39, 0.29) is 10.6 Å². The Morgan fingerprint density at radius 1 is 1.25 bits per heavy atom. The molecule has 0 bridgehead atoms. The number of hydrogen-bond donors (Lipinski definition) is 0. The van der Waals surface area contributed by atoms with Crippen LogP contribution in [0.5, 0.6) is 0 Å². The van der Waals surface area contributed by atoms with E-state index in [2.05, 4.69) is 9.88 Å². The Balaban J connectivity index is 1.89. The molecular weight excluding hydrogens is 258 g/mol. The largest absolute Gasteiger partial charge is 0.379 e. The maximum atomic E-state index is 11.0. The fraction of sp³-hybridized carbons (Fsp3) is 0.357. The predicted octanol–water partition coefficient (Wildman–Crippen LogP) is 1.98. The summed E-state index contributed by atoms with van der Waals surface area (Å²) in [5, 5.41) is 11.6. The van der Waals surface area contributed by atoms with Gasteiger partial charge < -0.3 is 4.74 Å². The Bertz CT molecular complexity index is 639. The number of fused-ring (bicyclic) bond motifs is 1. The second-order valence-corrected chi connectivity index (χ2v) is 4.79. The predicted molar refractivity (Wildman–Crippen MR) is 74.5 cm³/mol. The second kappa shape index (κ2) is 5.52. The van der Waals surface area contributed by atoms with Gasteiger partial charge in [0.1, 0.15) is 0 Å². The third kappa shape index (κ3) is 2.61. The molecule has 0 atom stereocenters. The van der Waals surface area contributed by atoms with E-state index in [0.717, 1.165) is 38.5 Å². The summed E-state index contributed by atoms with van der Waals surface area (Å²) in [6.07, 6.45) is 0. The van der Waals surface area contributed by atoms with Gasteiger partial charge in [0.25, 0.3) is 5.69 Å². The van der Waals surface area contributed by atoms with Crippen molar-refractivity contribution in [2.24, 2.45) is 0 Å². The number of morpholine rings is 1. The number of ether oxygens (including phenoxy) is 1. The van der Waals surface area contributed by atoms with Crippen LogP contribution in [0.15, 0.2) is 30.3 Å². The Hall–Kier alpha value is -2.05. The van der Waals surface area contributed by atoms with Crippen LogP contribution < -0.4 is 0 Å². The number of aromatic nitrogens is 1. The first kappa shape index (κ1) is 13.0. The third-order valence-corrected chi connectivity index (χ3v) is 3.45. The van der Waals surface area contributed by atoms with Crippen molar-refractivity contribution in [2.45, 2.75) is 6.54 Å². The minimum absolute atomic E-state index is 0.105. The molecule has 6 nitrogen and oxygen atoms in total. The molecule has 1 aliphatic heterocycles. The van der Waals surface area contributed by atoms with E-state index in [0.29, 0.717) is 10.9 Å². The fourth-order valence-electron chi connectivity index (χ4n) is 2.42. The zero-order valence-electron chi connectivity index (χ0n) is 11.0. The van der Waals surface area contributed by atoms with Gasteiger partial charge in [0, 0.05) is 25.7 Å². The summed E-state index contributed by atoms with van der Waals surface area (Å²) in [4.78, 5) is 17.4. The minimum atomic E-state index is -0.369. The SMILES string of the molecule is O=[N+]([O-])c1cccc2nc(CN3CCOCC3)ccc12. The molecule has 1 aromatic heterocycles. The highest BCUT2D eigenvalue weighted by molar-refractivity contribution is 5.87. The first-order chi connectivity index (χ1) is 9.74. The van der Waals surface area contributed by atoms with E-state index in [9.17, 15) is 10.1 Å². The molecule has 0 radical (unpaired) electrons. The third-order valence-electron chi connectivity index (χ3n) is 3.45. The van der Waals surface area contributed by atoms with Gasteiger partial charge >= 0.3 is 0 Å². The van der Waals surface area contributed by atoms with Gasteiger partial charge in [-0.05, 0) is 18.2 Å². The summed E-state index contributed by atoms with van der Waals surface area (Å²) in [5.41, 5.74) is 1.71. The molecule has 1 aromatic carbocycles. The van der Waals surface area contributed by atoms with Crippen molar-refractivity contribution in [3.05, 3.63) is 46.1 Å². The van der Waals surface area contributed by atoms with Crippen molar-refractivity contribution in [3.8, 4) is 0 Å². The van der Waals surface area contributed by atoms with Crippen molar-refractivity contribution in [1.29, 1.82) is 0 Å². The van der Waals surface area contributed by atoms with Crippen LogP contribution in [0.25, 0.3) is 10.9 Å². The van der Waals surface area contributed by atoms with E-state index in [1.54, 1.807) is 12.1 Å². The summed E-state index contributed by atoms with van der Waals surface area (Å²) in [5.74, 6) is 0. The molecule has 0 saturated carbocycles. The number of rotatable bonds is 3. The molecule has 3 rings (SSSR count). The highest BCUT2D eigenvalue weighted by Gasteiger charge is 2.14. The van der Waals surface area contributed by atoms with Crippen LogP contribution in [0.1, 0.15) is 5.69 Å². The molecule has 1 fully saturated rings. The summed E-state index contributed by atoms with van der Waals surface area (Å²) in [6.45, 7) is 4.05. The van der Waals surface area contributed by atoms with Crippen molar-refractivity contribution < 1.29 is 9.66 Å². The lowest BCUT2D eigenvalue weighted by atomic mass is 10.1. The highest BCUT2D eigenvalue weighted by Crippen LogP contribution is 2.24. The van der Waals surface area contributed by atoms with Crippen LogP contribution in [-0.4, -0.2) is 41.1 Å². The number of nitro benzene ring substituents is 1. The lowest BCUT2D eigenvalue weighted by Crippen LogP contribution is -2.35. The molecule has 0 aliphatic carbocycles. The standard InChI is InChI=1S/C14H15N3O3/c18-17(19)14-3-1-2-13-12(14)5-4-11(15-13)10-16-6-8-20-9-7-16/h1-5H,6-10H2. The number of pyridine rings is 1. The van der Waals surface area contributed by atoms with Gasteiger partial charge in [-0.25, -0.2) is 0 Å². The Kier molecular flexibility index (Phi) is 3.58. The van der Waals surface area contributed by atoms with Crippen LogP contribution >= 0.6 is 0 Å². The quantitative estimate of drug-likeness (QED) is 0.631. The molecule has 0 amide bonds. The van der Waals surface area contributed by atoms with Crippen LogP contribution in [0.4, 0.5) is 5.69 Å². The van der Waals surface area contributed by atoms with Gasteiger partial charge in [-0.3, -0.25) is 20.0 Å². The summed E-state index contributed by atoms with van der Waals surface area (Å²) >= 11 is 0. The van der Waals surface area contributed by atoms with Crippen LogP contribution in [0.3, 0.4) is 0 Å². The summed E-state index contributed by atoms with van der Waals surface area (Å²) in [7, 11) is 0. The summed E-state index contributed by atoms with van der Waals surface area (Å²) < 4.78 is 5.31. The Morgan fingerprint density at radius 3 is 2.80 bits per heavy atom. The maximum absolute atomic E-state index is 11.0. The smallest absolute Gasteiger partial charge is 0.278 e. The van der Waals surface area contributed by atoms with Crippen LogP contribution in [-0.2, 0) is 11.3 Å². The van der Waals surface area contributed by atoms with Gasteiger partial charge in [0.15, 0.2) is 0 Å². The number of nitro groups is 1. The van der Waals surface area contributed by atoms with Crippen LogP contribution in [0, 0.1) is 10.1 Å². The van der Waals surface area contributed by atoms with Gasteiger partial charge in [-0.15, -0.1) is 0 Å². The first-order valence-corrected chi connectivity index (χ1v) is 6.57. The minimum Gasteiger partial charge on any atom is -0.379 e. The molecule has 20 heavy (non-hydrogen) atoms. The number of nitrogens with zero attached hydrogens (tertiary/aromatic N) is 3. The lowest BCUT2D eigenvalue weighted by molar-refractivity contribution is -0.383. The molecule has 1 aliphatic rings. The first-order valence-electron chi connectivity index (χ1n) is 6.57. The average molecular weight is 273 g/mol. The maximum Gasteiger partial charge on any atom is 0.278 e. The molecular formula is C14H15N3O3. The molecule has 0 unspecified atom stereocenters. The monoisotopic (exact) mass is 273 g/mol.